The summed E-state index contributed by atoms with van der Waals surface area (Å²) in [6, 6.07) is 6.69. The third kappa shape index (κ3) is 2.22. The number of carbonyl (C=O) groups excluding carboxylic acids is 3. The molecule has 0 saturated carbocycles. The summed E-state index contributed by atoms with van der Waals surface area (Å²) in [5.41, 5.74) is 0.851. The van der Waals surface area contributed by atoms with E-state index in [0.29, 0.717) is 17.5 Å². The lowest BCUT2D eigenvalue weighted by Gasteiger charge is -2.12. The SMILES string of the molecule is O=C(Cl)CCCN1C(=O)c2ccccc2C1=O. The average Bonchev–Trinajstić information content (AvgIpc) is 2.54. The first-order valence-electron chi connectivity index (χ1n) is 5.25. The molecule has 88 valence electrons. The molecule has 17 heavy (non-hydrogen) atoms. The van der Waals surface area contributed by atoms with Gasteiger partial charge in [-0.15, -0.1) is 0 Å². The van der Waals surface area contributed by atoms with Gasteiger partial charge >= 0.3 is 0 Å². The Kier molecular flexibility index (Phi) is 3.24. The van der Waals surface area contributed by atoms with Crippen LogP contribution in [0, 0.1) is 0 Å². The van der Waals surface area contributed by atoms with Crippen molar-refractivity contribution in [1.29, 1.82) is 0 Å². The summed E-state index contributed by atoms with van der Waals surface area (Å²) in [6.45, 7) is 0.227. The molecular weight excluding hydrogens is 242 g/mol. The number of rotatable bonds is 4. The maximum Gasteiger partial charge on any atom is 0.261 e. The molecule has 5 heteroatoms. The minimum Gasteiger partial charge on any atom is -0.281 e. The normalized spacial score (nSPS) is 14.1. The van der Waals surface area contributed by atoms with Gasteiger partial charge in [-0.1, -0.05) is 12.1 Å². The quantitative estimate of drug-likeness (QED) is 0.606. The Hall–Kier alpha value is -1.68. The van der Waals surface area contributed by atoms with Gasteiger partial charge in [0.1, 0.15) is 0 Å². The maximum absolute atomic E-state index is 11.9. The van der Waals surface area contributed by atoms with Gasteiger partial charge in [-0.25, -0.2) is 0 Å². The molecule has 0 N–H and O–H groups in total. The minimum atomic E-state index is -0.457. The van der Waals surface area contributed by atoms with E-state index < -0.39 is 5.24 Å². The van der Waals surface area contributed by atoms with Crippen LogP contribution < -0.4 is 0 Å². The van der Waals surface area contributed by atoms with Crippen LogP contribution in [0.4, 0.5) is 0 Å². The van der Waals surface area contributed by atoms with Crippen molar-refractivity contribution in [2.24, 2.45) is 0 Å². The van der Waals surface area contributed by atoms with Crippen LogP contribution in [0.5, 0.6) is 0 Å². The molecule has 0 fully saturated rings. The summed E-state index contributed by atoms with van der Waals surface area (Å²) in [7, 11) is 0. The molecule has 0 saturated heterocycles. The predicted octanol–water partition coefficient (Wildman–Crippen LogP) is 1.83. The molecule has 2 rings (SSSR count). The van der Waals surface area contributed by atoms with E-state index in [1.807, 2.05) is 0 Å². The van der Waals surface area contributed by atoms with Crippen molar-refractivity contribution in [2.75, 3.05) is 6.54 Å². The smallest absolute Gasteiger partial charge is 0.261 e. The Morgan fingerprint density at radius 1 is 1.12 bits per heavy atom. The van der Waals surface area contributed by atoms with E-state index in [-0.39, 0.29) is 24.8 Å². The first kappa shape index (κ1) is 11.8. The number of carbonyl (C=O) groups is 3. The summed E-state index contributed by atoms with van der Waals surface area (Å²) in [4.78, 5) is 35.5. The zero-order valence-electron chi connectivity index (χ0n) is 8.98. The third-order valence-corrected chi connectivity index (χ3v) is 2.82. The van der Waals surface area contributed by atoms with Gasteiger partial charge in [-0.3, -0.25) is 19.3 Å². The molecule has 1 aliphatic rings. The van der Waals surface area contributed by atoms with Crippen LogP contribution in [0.15, 0.2) is 24.3 Å². The van der Waals surface area contributed by atoms with E-state index in [0.717, 1.165) is 4.90 Å². The van der Waals surface area contributed by atoms with E-state index in [1.54, 1.807) is 24.3 Å². The van der Waals surface area contributed by atoms with Crippen LogP contribution in [0.1, 0.15) is 33.6 Å². The first-order valence-corrected chi connectivity index (χ1v) is 5.62. The van der Waals surface area contributed by atoms with Crippen LogP contribution in [0.2, 0.25) is 0 Å². The zero-order valence-corrected chi connectivity index (χ0v) is 9.74. The van der Waals surface area contributed by atoms with Gasteiger partial charge in [0.2, 0.25) is 5.24 Å². The lowest BCUT2D eigenvalue weighted by Crippen LogP contribution is -2.30. The van der Waals surface area contributed by atoms with Crippen molar-refractivity contribution in [3.05, 3.63) is 35.4 Å². The molecule has 1 aromatic carbocycles. The molecule has 2 amide bonds. The second kappa shape index (κ2) is 4.67. The summed E-state index contributed by atoms with van der Waals surface area (Å²) in [6.07, 6.45) is 0.558. The maximum atomic E-state index is 11.9. The fourth-order valence-corrected chi connectivity index (χ4v) is 1.95. The molecule has 1 aliphatic heterocycles. The number of hydrogen-bond donors (Lipinski definition) is 0. The molecule has 0 radical (unpaired) electrons. The molecule has 1 heterocycles. The summed E-state index contributed by atoms with van der Waals surface area (Å²) in [5, 5.41) is -0.457. The Morgan fingerprint density at radius 2 is 1.65 bits per heavy atom. The molecule has 0 spiro atoms. The second-order valence-corrected chi connectivity index (χ2v) is 4.19. The number of imide groups is 1. The number of hydrogen-bond acceptors (Lipinski definition) is 3. The van der Waals surface area contributed by atoms with Gasteiger partial charge in [-0.2, -0.15) is 0 Å². The van der Waals surface area contributed by atoms with Crippen molar-refractivity contribution in [3.63, 3.8) is 0 Å². The minimum absolute atomic E-state index is 0.162. The van der Waals surface area contributed by atoms with Crippen LogP contribution in [0.25, 0.3) is 0 Å². The Balaban J connectivity index is 2.11. The van der Waals surface area contributed by atoms with Crippen molar-refractivity contribution < 1.29 is 14.4 Å². The van der Waals surface area contributed by atoms with Crippen molar-refractivity contribution in [2.45, 2.75) is 12.8 Å². The number of fused-ring (bicyclic) bond motifs is 1. The van der Waals surface area contributed by atoms with Crippen LogP contribution in [-0.4, -0.2) is 28.5 Å². The fraction of sp³-hybridized carbons (Fsp3) is 0.250. The topological polar surface area (TPSA) is 54.5 Å². The summed E-state index contributed by atoms with van der Waals surface area (Å²) < 4.78 is 0. The van der Waals surface area contributed by atoms with Gasteiger partial charge in [0, 0.05) is 13.0 Å². The van der Waals surface area contributed by atoms with Gasteiger partial charge in [0.25, 0.3) is 11.8 Å². The van der Waals surface area contributed by atoms with Crippen molar-refractivity contribution in [3.8, 4) is 0 Å². The van der Waals surface area contributed by atoms with E-state index in [9.17, 15) is 14.4 Å². The van der Waals surface area contributed by atoms with Crippen LogP contribution >= 0.6 is 11.6 Å². The number of nitrogens with zero attached hydrogens (tertiary/aromatic N) is 1. The van der Waals surface area contributed by atoms with E-state index in [1.165, 1.54) is 0 Å². The van der Waals surface area contributed by atoms with E-state index in [4.69, 9.17) is 11.6 Å². The van der Waals surface area contributed by atoms with Gasteiger partial charge in [0.15, 0.2) is 0 Å². The summed E-state index contributed by atoms with van der Waals surface area (Å²) >= 11 is 5.20. The Morgan fingerprint density at radius 3 is 2.12 bits per heavy atom. The number of benzene rings is 1. The molecule has 4 nitrogen and oxygen atoms in total. The summed E-state index contributed by atoms with van der Waals surface area (Å²) in [5.74, 6) is -0.597. The standard InChI is InChI=1S/C12H10ClNO3/c13-10(15)6-3-7-14-11(16)8-4-1-2-5-9(8)12(14)17/h1-2,4-5H,3,6-7H2. The molecule has 1 aromatic rings. The Labute approximate surface area is 103 Å². The molecule has 0 unspecified atom stereocenters. The highest BCUT2D eigenvalue weighted by molar-refractivity contribution is 6.63. The zero-order chi connectivity index (χ0) is 12.4. The third-order valence-electron chi connectivity index (χ3n) is 2.63. The average molecular weight is 252 g/mol. The van der Waals surface area contributed by atoms with Gasteiger partial charge in [-0.05, 0) is 30.2 Å². The molecule has 0 atom stereocenters. The molecule has 0 bridgehead atoms. The molecule has 0 aromatic heterocycles. The highest BCUT2D eigenvalue weighted by Gasteiger charge is 2.34. The lowest BCUT2D eigenvalue weighted by molar-refractivity contribution is -0.111. The van der Waals surface area contributed by atoms with E-state index >= 15 is 0 Å². The second-order valence-electron chi connectivity index (χ2n) is 3.77. The van der Waals surface area contributed by atoms with Crippen molar-refractivity contribution >= 4 is 28.7 Å². The largest absolute Gasteiger partial charge is 0.281 e. The van der Waals surface area contributed by atoms with Crippen LogP contribution in [-0.2, 0) is 4.79 Å². The van der Waals surface area contributed by atoms with E-state index in [2.05, 4.69) is 0 Å². The fourth-order valence-electron chi connectivity index (χ4n) is 1.82. The lowest BCUT2D eigenvalue weighted by atomic mass is 10.1. The first-order chi connectivity index (χ1) is 8.11. The monoisotopic (exact) mass is 251 g/mol. The highest BCUT2D eigenvalue weighted by Crippen LogP contribution is 2.22. The Bertz CT molecular complexity index is 463. The molecule has 0 aliphatic carbocycles. The molecular formula is C12H10ClNO3. The van der Waals surface area contributed by atoms with Gasteiger partial charge < -0.3 is 0 Å². The highest BCUT2D eigenvalue weighted by atomic mass is 35.5. The van der Waals surface area contributed by atoms with Crippen molar-refractivity contribution in [1.82, 2.24) is 4.90 Å². The number of amides is 2. The predicted molar refractivity (Wildman–Crippen MR) is 61.9 cm³/mol. The van der Waals surface area contributed by atoms with Gasteiger partial charge in [0.05, 0.1) is 11.1 Å². The number of halogens is 1. The van der Waals surface area contributed by atoms with Crippen LogP contribution in [0.3, 0.4) is 0 Å².